The van der Waals surface area contributed by atoms with Crippen molar-refractivity contribution in [3.63, 3.8) is 0 Å². The first-order valence-electron chi connectivity index (χ1n) is 28.5. The molecule has 0 unspecified atom stereocenters. The summed E-state index contributed by atoms with van der Waals surface area (Å²) in [6.07, 6.45) is 0. The van der Waals surface area contributed by atoms with Gasteiger partial charge in [-0.1, -0.05) is 194 Å². The van der Waals surface area contributed by atoms with Gasteiger partial charge in [0.25, 0.3) is 0 Å². The van der Waals surface area contributed by atoms with Crippen molar-refractivity contribution in [2.24, 2.45) is 0 Å². The molecule has 8 aromatic rings. The molecule has 0 bridgehead atoms. The van der Waals surface area contributed by atoms with Crippen LogP contribution in [-0.4, -0.2) is 0 Å². The van der Waals surface area contributed by atoms with Crippen LogP contribution in [0.1, 0.15) is 203 Å². The normalized spacial score (nSPS) is 10.6. The molecule has 88 heavy (non-hydrogen) atoms. The highest BCUT2D eigenvalue weighted by molar-refractivity contribution is 6.32. The fraction of sp³-hybridized carbons (Fsp3) is 0.333. The molecular formula is C72H80Cl3F13. The van der Waals surface area contributed by atoms with Crippen LogP contribution in [-0.2, 0) is 0 Å². The van der Waals surface area contributed by atoms with Crippen LogP contribution in [0.5, 0.6) is 0 Å². The molecule has 0 aromatic heterocycles. The highest BCUT2D eigenvalue weighted by atomic mass is 35.5. The van der Waals surface area contributed by atoms with E-state index in [0.29, 0.717) is 44.6 Å². The Bertz CT molecular complexity index is 3240. The molecular weight excluding hydrogens is 1220 g/mol. The van der Waals surface area contributed by atoms with Crippen LogP contribution in [0.3, 0.4) is 0 Å². The summed E-state index contributed by atoms with van der Waals surface area (Å²) in [6, 6.07) is 33.7. The maximum Gasteiger partial charge on any atom is 0.161 e. The molecule has 0 N–H and O–H groups in total. The predicted octanol–water partition coefficient (Wildman–Crippen LogP) is 26.2. The molecule has 8 aromatic carbocycles. The highest BCUT2D eigenvalue weighted by Gasteiger charge is 2.15. The van der Waals surface area contributed by atoms with Gasteiger partial charge >= 0.3 is 0 Å². The first-order valence-corrected chi connectivity index (χ1v) is 29.6. The van der Waals surface area contributed by atoms with E-state index < -0.39 is 45.7 Å². The topological polar surface area (TPSA) is 0 Å². The van der Waals surface area contributed by atoms with Crippen molar-refractivity contribution in [1.29, 1.82) is 0 Å². The second-order valence-corrected chi connectivity index (χ2v) is 23.7. The van der Waals surface area contributed by atoms with Gasteiger partial charge in [0.1, 0.15) is 69.0 Å². The first kappa shape index (κ1) is 79.7. The number of hydrogen-bond donors (Lipinski definition) is 0. The molecule has 0 radical (unpaired) electrons. The summed E-state index contributed by atoms with van der Waals surface area (Å²) >= 11 is 17.0. The molecule has 480 valence electrons. The molecule has 16 heteroatoms. The second kappa shape index (κ2) is 39.7. The van der Waals surface area contributed by atoms with Crippen LogP contribution in [0.4, 0.5) is 57.1 Å². The lowest BCUT2D eigenvalue weighted by atomic mass is 10.0. The van der Waals surface area contributed by atoms with Gasteiger partial charge in [-0.25, -0.2) is 57.1 Å². The Morgan fingerprint density at radius 2 is 0.580 bits per heavy atom. The average Bonchev–Trinajstić information content (AvgIpc) is 3.51. The van der Waals surface area contributed by atoms with Crippen molar-refractivity contribution < 1.29 is 57.1 Å². The summed E-state index contributed by atoms with van der Waals surface area (Å²) < 4.78 is 165. The van der Waals surface area contributed by atoms with Crippen molar-refractivity contribution in [1.82, 2.24) is 0 Å². The molecule has 0 atom stereocenters. The van der Waals surface area contributed by atoms with Gasteiger partial charge in [-0.3, -0.25) is 0 Å². The zero-order valence-corrected chi connectivity index (χ0v) is 54.8. The summed E-state index contributed by atoms with van der Waals surface area (Å²) in [5, 5.41) is 0.739. The Morgan fingerprint density at radius 3 is 1.01 bits per heavy atom. The Balaban J connectivity index is 0.000000503. The van der Waals surface area contributed by atoms with Gasteiger partial charge < -0.3 is 0 Å². The average molecular weight is 1300 g/mol. The van der Waals surface area contributed by atoms with Crippen molar-refractivity contribution in [3.8, 4) is 0 Å². The summed E-state index contributed by atoms with van der Waals surface area (Å²) in [7, 11) is 0. The van der Waals surface area contributed by atoms with E-state index >= 15 is 0 Å². The third-order valence-corrected chi connectivity index (χ3v) is 13.8. The Labute approximate surface area is 528 Å². The smallest absolute Gasteiger partial charge is 0.161 e. The first-order chi connectivity index (χ1) is 40.9. The van der Waals surface area contributed by atoms with E-state index in [-0.39, 0.29) is 76.0 Å². The maximum absolute atomic E-state index is 13.1. The third kappa shape index (κ3) is 28.5. The quantitative estimate of drug-likeness (QED) is 0.0808. The van der Waals surface area contributed by atoms with Crippen LogP contribution >= 0.6 is 34.8 Å². The lowest BCUT2D eigenvalue weighted by Gasteiger charge is -2.07. The van der Waals surface area contributed by atoms with E-state index in [1.807, 2.05) is 107 Å². The molecule has 0 spiro atoms. The Kier molecular flexibility index (Phi) is 35.9. The molecule has 0 aliphatic rings. The molecule has 0 nitrogen and oxygen atoms in total. The standard InChI is InChI=1S/C9H9ClF2.2C9H10ClF.C9H9F3.2C9H10F2.2C9H11F/c1-5(2)6-3-4-7(11)8(10)9(6)12;1-6(2)8-5-7(11)3-4-9(8)10;1-6(2)8-4-3-7(11)5-9(8)10;1-5(2)6-3-8(11)9(12)4-7(6)10;1-6(2)8-5-7(10)3-4-9(8)11;1-6(2)8-4-3-7(10)5-9(8)11;1-7(2)8-3-5-9(10)6-4-8;1-7(2)8-5-3-4-6-9(8)10/h3-5H,1-2H3;2*3-6H,1-2H3;3-5H,1-2H3;2*3-6H,1-2H3;2*3-7H,1-2H3. The number of rotatable bonds is 8. The van der Waals surface area contributed by atoms with Crippen molar-refractivity contribution in [2.75, 3.05) is 0 Å². The van der Waals surface area contributed by atoms with Crippen LogP contribution in [0.25, 0.3) is 0 Å². The van der Waals surface area contributed by atoms with Gasteiger partial charge in [-0.2, -0.15) is 0 Å². The van der Waals surface area contributed by atoms with Gasteiger partial charge in [0, 0.05) is 22.2 Å². The number of hydrogen-bond acceptors (Lipinski definition) is 0. The zero-order chi connectivity index (χ0) is 67.4. The molecule has 0 amide bonds. The number of halogens is 16. The third-order valence-electron chi connectivity index (χ3n) is 12.7. The van der Waals surface area contributed by atoms with Crippen LogP contribution in [0, 0.1) is 75.6 Å². The van der Waals surface area contributed by atoms with Gasteiger partial charge in [-0.15, -0.1) is 0 Å². The minimum atomic E-state index is -1.14. The summed E-state index contributed by atoms with van der Waals surface area (Å²) in [5.41, 5.74) is 5.48. The minimum absolute atomic E-state index is 0.0168. The van der Waals surface area contributed by atoms with E-state index in [0.717, 1.165) is 41.0 Å². The van der Waals surface area contributed by atoms with Gasteiger partial charge in [0.2, 0.25) is 0 Å². The van der Waals surface area contributed by atoms with Crippen LogP contribution < -0.4 is 0 Å². The van der Waals surface area contributed by atoms with Gasteiger partial charge in [0.15, 0.2) is 11.6 Å². The van der Waals surface area contributed by atoms with E-state index in [1.165, 1.54) is 78.4 Å². The SMILES string of the molecule is CC(C)c1cc(F)c(F)cc1F.CC(C)c1cc(F)ccc1Cl.CC(C)c1cc(F)ccc1F.CC(C)c1ccc(F)c(Cl)c1F.CC(C)c1ccc(F)cc1.CC(C)c1ccc(F)cc1Cl.CC(C)c1ccc(F)cc1F.CC(C)c1ccccc1F. The fourth-order valence-corrected chi connectivity index (χ4v) is 8.51. The van der Waals surface area contributed by atoms with Gasteiger partial charge in [0.05, 0.1) is 0 Å². The predicted molar refractivity (Wildman–Crippen MR) is 339 cm³/mol. The second-order valence-electron chi connectivity index (χ2n) is 22.5. The summed E-state index contributed by atoms with van der Waals surface area (Å²) in [4.78, 5) is 0. The zero-order valence-electron chi connectivity index (χ0n) is 52.5. The van der Waals surface area contributed by atoms with E-state index in [4.69, 9.17) is 34.8 Å². The molecule has 0 fully saturated rings. The minimum Gasteiger partial charge on any atom is -0.207 e. The number of benzene rings is 8. The van der Waals surface area contributed by atoms with Gasteiger partial charge in [-0.05, 0) is 177 Å². The maximum atomic E-state index is 13.1. The summed E-state index contributed by atoms with van der Waals surface area (Å²) in [6.45, 7) is 30.7. The van der Waals surface area contributed by atoms with E-state index in [2.05, 4.69) is 13.8 Å². The van der Waals surface area contributed by atoms with Crippen LogP contribution in [0.2, 0.25) is 15.1 Å². The van der Waals surface area contributed by atoms with E-state index in [9.17, 15) is 57.1 Å². The molecule has 0 aliphatic carbocycles. The fourth-order valence-electron chi connectivity index (χ4n) is 7.61. The highest BCUT2D eigenvalue weighted by Crippen LogP contribution is 2.29. The lowest BCUT2D eigenvalue weighted by molar-refractivity contribution is 0.487. The van der Waals surface area contributed by atoms with Crippen molar-refractivity contribution in [3.05, 3.63) is 281 Å². The monoisotopic (exact) mass is 1300 g/mol. The van der Waals surface area contributed by atoms with E-state index in [1.54, 1.807) is 32.0 Å². The largest absolute Gasteiger partial charge is 0.207 e. The molecule has 0 saturated heterocycles. The molecule has 8 rings (SSSR count). The molecule has 0 saturated carbocycles. The van der Waals surface area contributed by atoms with Crippen LogP contribution in [0.15, 0.2) is 146 Å². The molecule has 0 aliphatic heterocycles. The van der Waals surface area contributed by atoms with Crippen molar-refractivity contribution >= 4 is 34.8 Å². The van der Waals surface area contributed by atoms with Crippen molar-refractivity contribution in [2.45, 2.75) is 158 Å². The Hall–Kier alpha value is -6.28. The lowest BCUT2D eigenvalue weighted by Crippen LogP contribution is -1.96. The summed E-state index contributed by atoms with van der Waals surface area (Å²) in [5.74, 6) is -5.23. The Morgan fingerprint density at radius 1 is 0.227 bits per heavy atom. The molecule has 0 heterocycles.